The van der Waals surface area contributed by atoms with Gasteiger partial charge in [-0.3, -0.25) is 4.79 Å². The maximum atomic E-state index is 11.9. The number of fused-ring (bicyclic) bond motifs is 1. The Balaban J connectivity index is 2.14. The highest BCUT2D eigenvalue weighted by atomic mass is 79.9. The van der Waals surface area contributed by atoms with E-state index < -0.39 is 11.4 Å². The summed E-state index contributed by atoms with van der Waals surface area (Å²) in [6.07, 6.45) is 4.32. The Morgan fingerprint density at radius 3 is 2.53 bits per heavy atom. The van der Waals surface area contributed by atoms with Crippen molar-refractivity contribution >= 4 is 21.9 Å². The Hall–Kier alpha value is -1.23. The van der Waals surface area contributed by atoms with Crippen molar-refractivity contribution in [1.29, 1.82) is 0 Å². The molecule has 0 unspecified atom stereocenters. The molecule has 0 atom stereocenters. The quantitative estimate of drug-likeness (QED) is 0.904. The van der Waals surface area contributed by atoms with Crippen LogP contribution in [0, 0.1) is 0 Å². The van der Waals surface area contributed by atoms with Crippen LogP contribution in [-0.2, 0) is 10.2 Å². The Kier molecular flexibility index (Phi) is 3.17. The normalized spacial score (nSPS) is 20.3. The van der Waals surface area contributed by atoms with Gasteiger partial charge in [-0.2, -0.15) is 0 Å². The van der Waals surface area contributed by atoms with Crippen molar-refractivity contribution in [3.63, 3.8) is 0 Å². The van der Waals surface area contributed by atoms with E-state index in [1.165, 1.54) is 0 Å². The lowest BCUT2D eigenvalue weighted by Crippen LogP contribution is -2.38. The molecule has 1 aromatic rings. The average Bonchev–Trinajstić information content (AvgIpc) is 2.90. The van der Waals surface area contributed by atoms with E-state index in [9.17, 15) is 9.90 Å². The first-order valence-electron chi connectivity index (χ1n) is 6.47. The number of hydrogen-bond acceptors (Lipinski definition) is 3. The van der Waals surface area contributed by atoms with Crippen molar-refractivity contribution in [3.8, 4) is 11.5 Å². The number of benzene rings is 1. The Labute approximate surface area is 119 Å². The largest absolute Gasteiger partial charge is 0.481 e. The molecule has 2 aliphatic rings. The molecule has 1 heterocycles. The van der Waals surface area contributed by atoms with Gasteiger partial charge in [-0.1, -0.05) is 25.3 Å². The summed E-state index contributed by atoms with van der Waals surface area (Å²) in [5, 5.41) is 9.73. The summed E-state index contributed by atoms with van der Waals surface area (Å²) in [6, 6.07) is 3.71. The van der Waals surface area contributed by atoms with Gasteiger partial charge in [-0.25, -0.2) is 0 Å². The van der Waals surface area contributed by atoms with Gasteiger partial charge in [-0.15, -0.1) is 0 Å². The van der Waals surface area contributed by atoms with Crippen molar-refractivity contribution in [2.24, 2.45) is 0 Å². The Morgan fingerprint density at radius 1 is 1.16 bits per heavy atom. The highest BCUT2D eigenvalue weighted by molar-refractivity contribution is 9.10. The lowest BCUT2D eigenvalue weighted by atomic mass is 9.69. The maximum absolute atomic E-state index is 11.9. The van der Waals surface area contributed by atoms with Crippen molar-refractivity contribution < 1.29 is 19.4 Å². The minimum Gasteiger partial charge on any atom is -0.481 e. The third-order valence-electron chi connectivity index (χ3n) is 4.10. The average molecular weight is 327 g/mol. The van der Waals surface area contributed by atoms with E-state index in [1.54, 1.807) is 0 Å². The standard InChI is InChI=1S/C14H15BrO4/c15-10-5-4-9(11-12(10)19-8-18-11)14(13(16)17)6-2-1-3-7-14/h4-5H,1-3,6-8H2,(H,16,17). The first kappa shape index (κ1) is 12.8. The fraction of sp³-hybridized carbons (Fsp3) is 0.500. The number of carboxylic acid groups (broad SMARTS) is 1. The predicted molar refractivity (Wildman–Crippen MR) is 72.7 cm³/mol. The maximum Gasteiger partial charge on any atom is 0.314 e. The van der Waals surface area contributed by atoms with E-state index in [0.717, 1.165) is 29.3 Å². The molecule has 4 nitrogen and oxygen atoms in total. The number of carbonyl (C=O) groups is 1. The van der Waals surface area contributed by atoms with Crippen LogP contribution in [0.2, 0.25) is 0 Å². The molecule has 102 valence electrons. The van der Waals surface area contributed by atoms with E-state index in [0.29, 0.717) is 24.3 Å². The molecule has 5 heteroatoms. The predicted octanol–water partition coefficient (Wildman–Crippen LogP) is 3.46. The van der Waals surface area contributed by atoms with E-state index in [-0.39, 0.29) is 6.79 Å². The second-order valence-corrected chi connectivity index (χ2v) is 5.96. The lowest BCUT2D eigenvalue weighted by molar-refractivity contribution is -0.145. The highest BCUT2D eigenvalue weighted by Gasteiger charge is 2.45. The molecule has 1 aliphatic heterocycles. The molecule has 0 aromatic heterocycles. The third-order valence-corrected chi connectivity index (χ3v) is 4.73. The highest BCUT2D eigenvalue weighted by Crippen LogP contribution is 2.50. The summed E-state index contributed by atoms with van der Waals surface area (Å²) in [5.74, 6) is 0.467. The van der Waals surface area contributed by atoms with Gasteiger partial charge in [0, 0.05) is 5.56 Å². The fourth-order valence-corrected chi connectivity index (χ4v) is 3.52. The molecular formula is C14H15BrO4. The van der Waals surface area contributed by atoms with Gasteiger partial charge in [0.05, 0.1) is 9.89 Å². The van der Waals surface area contributed by atoms with E-state index in [4.69, 9.17) is 9.47 Å². The summed E-state index contributed by atoms with van der Waals surface area (Å²) >= 11 is 3.41. The Morgan fingerprint density at radius 2 is 1.84 bits per heavy atom. The summed E-state index contributed by atoms with van der Waals surface area (Å²) < 4.78 is 11.8. The van der Waals surface area contributed by atoms with E-state index >= 15 is 0 Å². The van der Waals surface area contributed by atoms with Gasteiger partial charge in [0.1, 0.15) is 0 Å². The zero-order valence-electron chi connectivity index (χ0n) is 10.4. The zero-order chi connectivity index (χ0) is 13.5. The molecule has 1 saturated carbocycles. The molecule has 19 heavy (non-hydrogen) atoms. The van der Waals surface area contributed by atoms with Gasteiger partial charge < -0.3 is 14.6 Å². The summed E-state index contributed by atoms with van der Waals surface area (Å²) in [5.41, 5.74) is -0.0631. The van der Waals surface area contributed by atoms with Crippen LogP contribution < -0.4 is 9.47 Å². The molecule has 1 aromatic carbocycles. The van der Waals surface area contributed by atoms with E-state index in [1.807, 2.05) is 12.1 Å². The van der Waals surface area contributed by atoms with Gasteiger partial charge >= 0.3 is 5.97 Å². The number of carboxylic acids is 1. The van der Waals surface area contributed by atoms with Crippen LogP contribution in [0.3, 0.4) is 0 Å². The van der Waals surface area contributed by atoms with Crippen molar-refractivity contribution in [2.75, 3.05) is 6.79 Å². The minimum atomic E-state index is -0.823. The summed E-state index contributed by atoms with van der Waals surface area (Å²) in [4.78, 5) is 11.9. The van der Waals surface area contributed by atoms with Crippen LogP contribution in [0.4, 0.5) is 0 Å². The Bertz CT molecular complexity index is 520. The lowest BCUT2D eigenvalue weighted by Gasteiger charge is -2.34. The monoisotopic (exact) mass is 326 g/mol. The second-order valence-electron chi connectivity index (χ2n) is 5.11. The second kappa shape index (κ2) is 4.71. The van der Waals surface area contributed by atoms with Crippen molar-refractivity contribution in [3.05, 3.63) is 22.2 Å². The van der Waals surface area contributed by atoms with Gasteiger partial charge in [0.2, 0.25) is 6.79 Å². The van der Waals surface area contributed by atoms with Crippen molar-refractivity contribution in [2.45, 2.75) is 37.5 Å². The topological polar surface area (TPSA) is 55.8 Å². The molecule has 1 fully saturated rings. The number of aliphatic carboxylic acids is 1. The molecular weight excluding hydrogens is 312 g/mol. The van der Waals surface area contributed by atoms with Crippen LogP contribution in [0.15, 0.2) is 16.6 Å². The van der Waals surface area contributed by atoms with Crippen LogP contribution in [0.5, 0.6) is 11.5 Å². The molecule has 0 bridgehead atoms. The van der Waals surface area contributed by atoms with Gasteiger partial charge in [0.25, 0.3) is 0 Å². The van der Waals surface area contributed by atoms with Crippen molar-refractivity contribution in [1.82, 2.24) is 0 Å². The van der Waals surface area contributed by atoms with Gasteiger partial charge in [-0.05, 0) is 34.8 Å². The minimum absolute atomic E-state index is 0.153. The molecule has 1 aliphatic carbocycles. The number of hydrogen-bond donors (Lipinski definition) is 1. The summed E-state index contributed by atoms with van der Waals surface area (Å²) in [6.45, 7) is 0.153. The molecule has 1 N–H and O–H groups in total. The molecule has 0 amide bonds. The molecule has 3 rings (SSSR count). The number of halogens is 1. The molecule has 0 saturated heterocycles. The van der Waals surface area contributed by atoms with Crippen LogP contribution in [0.25, 0.3) is 0 Å². The first-order valence-corrected chi connectivity index (χ1v) is 7.26. The van der Waals surface area contributed by atoms with Crippen LogP contribution >= 0.6 is 15.9 Å². The summed E-state index contributed by atoms with van der Waals surface area (Å²) in [7, 11) is 0. The smallest absolute Gasteiger partial charge is 0.314 e. The molecule has 0 radical (unpaired) electrons. The molecule has 0 spiro atoms. The van der Waals surface area contributed by atoms with Gasteiger partial charge in [0.15, 0.2) is 11.5 Å². The zero-order valence-corrected chi connectivity index (χ0v) is 12.0. The number of rotatable bonds is 2. The SMILES string of the molecule is O=C(O)C1(c2ccc(Br)c3c2OCO3)CCCCC1. The first-order chi connectivity index (χ1) is 9.15. The third kappa shape index (κ3) is 1.91. The van der Waals surface area contributed by atoms with E-state index in [2.05, 4.69) is 15.9 Å². The number of ether oxygens (including phenoxy) is 2. The van der Waals surface area contributed by atoms with Crippen LogP contribution in [-0.4, -0.2) is 17.9 Å². The van der Waals surface area contributed by atoms with Crippen LogP contribution in [0.1, 0.15) is 37.7 Å². The fourth-order valence-electron chi connectivity index (χ4n) is 3.09.